The number of carbonyl (C=O) groups is 3. The Hall–Kier alpha value is -2.21. The number of rotatable bonds is 5. The molecule has 0 saturated carbocycles. The molecule has 24 heavy (non-hydrogen) atoms. The molecule has 0 aromatic heterocycles. The Labute approximate surface area is 142 Å². The number of amides is 3. The zero-order valence-corrected chi connectivity index (χ0v) is 14.5. The molecule has 2 aliphatic heterocycles. The van der Waals surface area contributed by atoms with Crippen molar-refractivity contribution in [3.63, 3.8) is 0 Å². The SMILES string of the molecule is C=C/C(=C\C1=C(C)CN(C(C)C(=O)NC(C)=O)C1=O)C1CCNC1. The first kappa shape index (κ1) is 18.1. The Morgan fingerprint density at radius 3 is 2.71 bits per heavy atom. The molecule has 130 valence electrons. The summed E-state index contributed by atoms with van der Waals surface area (Å²) in [5.41, 5.74) is 2.59. The third-order valence-corrected chi connectivity index (χ3v) is 4.58. The van der Waals surface area contributed by atoms with E-state index >= 15 is 0 Å². The summed E-state index contributed by atoms with van der Waals surface area (Å²) in [7, 11) is 0. The average Bonchev–Trinajstić information content (AvgIpc) is 3.13. The lowest BCUT2D eigenvalue weighted by Crippen LogP contribution is -2.47. The van der Waals surface area contributed by atoms with E-state index in [1.165, 1.54) is 11.8 Å². The molecule has 2 unspecified atom stereocenters. The van der Waals surface area contributed by atoms with Crippen LogP contribution in [-0.2, 0) is 14.4 Å². The van der Waals surface area contributed by atoms with Crippen molar-refractivity contribution >= 4 is 17.7 Å². The topological polar surface area (TPSA) is 78.5 Å². The summed E-state index contributed by atoms with van der Waals surface area (Å²) in [5.74, 6) is -0.698. The van der Waals surface area contributed by atoms with Crippen LogP contribution in [0.5, 0.6) is 0 Å². The van der Waals surface area contributed by atoms with Gasteiger partial charge in [0.1, 0.15) is 6.04 Å². The fraction of sp³-hybridized carbons (Fsp3) is 0.500. The van der Waals surface area contributed by atoms with E-state index in [-0.39, 0.29) is 5.91 Å². The van der Waals surface area contributed by atoms with Crippen molar-refractivity contribution in [3.05, 3.63) is 35.5 Å². The van der Waals surface area contributed by atoms with Crippen LogP contribution < -0.4 is 10.6 Å². The largest absolute Gasteiger partial charge is 0.323 e. The highest BCUT2D eigenvalue weighted by molar-refractivity contribution is 6.04. The quantitative estimate of drug-likeness (QED) is 0.734. The fourth-order valence-corrected chi connectivity index (χ4v) is 3.12. The van der Waals surface area contributed by atoms with Crippen molar-refractivity contribution in [1.82, 2.24) is 15.5 Å². The van der Waals surface area contributed by atoms with Gasteiger partial charge in [0.2, 0.25) is 11.8 Å². The number of carbonyl (C=O) groups excluding carboxylic acids is 3. The van der Waals surface area contributed by atoms with E-state index in [0.717, 1.165) is 30.7 Å². The van der Waals surface area contributed by atoms with Gasteiger partial charge in [0.25, 0.3) is 5.91 Å². The first-order chi connectivity index (χ1) is 11.3. The van der Waals surface area contributed by atoms with Crippen LogP contribution in [0.3, 0.4) is 0 Å². The van der Waals surface area contributed by atoms with Gasteiger partial charge in [-0.3, -0.25) is 19.7 Å². The molecule has 6 nitrogen and oxygen atoms in total. The highest BCUT2D eigenvalue weighted by Gasteiger charge is 2.34. The van der Waals surface area contributed by atoms with Crippen molar-refractivity contribution in [2.45, 2.75) is 33.2 Å². The summed E-state index contributed by atoms with van der Waals surface area (Å²) in [6.45, 7) is 10.9. The van der Waals surface area contributed by atoms with Crippen LogP contribution in [0.4, 0.5) is 0 Å². The molecule has 1 saturated heterocycles. The molecule has 2 heterocycles. The van der Waals surface area contributed by atoms with Crippen molar-refractivity contribution in [2.75, 3.05) is 19.6 Å². The van der Waals surface area contributed by atoms with Crippen LogP contribution in [0.1, 0.15) is 27.2 Å². The smallest absolute Gasteiger partial charge is 0.254 e. The lowest BCUT2D eigenvalue weighted by molar-refractivity contribution is -0.138. The molecule has 6 heteroatoms. The summed E-state index contributed by atoms with van der Waals surface area (Å²) >= 11 is 0. The van der Waals surface area contributed by atoms with E-state index in [4.69, 9.17) is 0 Å². The second-order valence-corrected chi connectivity index (χ2v) is 6.39. The minimum absolute atomic E-state index is 0.177. The standard InChI is InChI=1S/C18H25N3O3/c1-5-14(15-6-7-19-9-15)8-16-11(2)10-21(18(16)24)12(3)17(23)20-13(4)22/h5,8,12,15,19H,1,6-7,9-10H2,2-4H3,(H,20,22,23)/b14-8+. The molecule has 1 fully saturated rings. The zero-order valence-electron chi connectivity index (χ0n) is 14.5. The van der Waals surface area contributed by atoms with Crippen molar-refractivity contribution in [3.8, 4) is 0 Å². The molecule has 2 atom stereocenters. The minimum Gasteiger partial charge on any atom is -0.323 e. The molecule has 2 rings (SSSR count). The molecule has 0 radical (unpaired) electrons. The summed E-state index contributed by atoms with van der Waals surface area (Å²) in [4.78, 5) is 37.3. The molecule has 0 aromatic rings. The van der Waals surface area contributed by atoms with Gasteiger partial charge in [-0.2, -0.15) is 0 Å². The minimum atomic E-state index is -0.692. The molecule has 0 bridgehead atoms. The van der Waals surface area contributed by atoms with Crippen molar-refractivity contribution in [2.24, 2.45) is 5.92 Å². The number of nitrogens with one attached hydrogen (secondary N) is 2. The van der Waals surface area contributed by atoms with E-state index in [1.807, 2.05) is 13.0 Å². The van der Waals surface area contributed by atoms with E-state index in [2.05, 4.69) is 17.2 Å². The number of hydrogen-bond acceptors (Lipinski definition) is 4. The van der Waals surface area contributed by atoms with Crippen molar-refractivity contribution < 1.29 is 14.4 Å². The van der Waals surface area contributed by atoms with Crippen LogP contribution in [-0.4, -0.2) is 48.3 Å². The predicted octanol–water partition coefficient (Wildman–Crippen LogP) is 0.918. The van der Waals surface area contributed by atoms with Gasteiger partial charge in [0.05, 0.1) is 0 Å². The van der Waals surface area contributed by atoms with Gasteiger partial charge >= 0.3 is 0 Å². The van der Waals surface area contributed by atoms with Gasteiger partial charge in [-0.15, -0.1) is 0 Å². The Kier molecular flexibility index (Phi) is 5.72. The highest BCUT2D eigenvalue weighted by Crippen LogP contribution is 2.27. The summed E-state index contributed by atoms with van der Waals surface area (Å²) in [6.07, 6.45) is 4.73. The Morgan fingerprint density at radius 2 is 2.17 bits per heavy atom. The maximum atomic E-state index is 12.7. The number of hydrogen-bond donors (Lipinski definition) is 2. The van der Waals surface area contributed by atoms with Crippen LogP contribution in [0.25, 0.3) is 0 Å². The molecule has 2 aliphatic rings. The van der Waals surface area contributed by atoms with Crippen LogP contribution in [0, 0.1) is 5.92 Å². The lowest BCUT2D eigenvalue weighted by atomic mass is 9.95. The summed E-state index contributed by atoms with van der Waals surface area (Å²) in [6, 6.07) is -0.692. The predicted molar refractivity (Wildman–Crippen MR) is 92.0 cm³/mol. The maximum Gasteiger partial charge on any atom is 0.254 e. The molecule has 0 spiro atoms. The van der Waals surface area contributed by atoms with Crippen LogP contribution in [0.15, 0.2) is 35.5 Å². The van der Waals surface area contributed by atoms with Gasteiger partial charge in [0.15, 0.2) is 0 Å². The molecule has 0 aromatic carbocycles. The summed E-state index contributed by atoms with van der Waals surface area (Å²) < 4.78 is 0. The summed E-state index contributed by atoms with van der Waals surface area (Å²) in [5, 5.41) is 5.55. The van der Waals surface area contributed by atoms with Crippen LogP contribution >= 0.6 is 0 Å². The third kappa shape index (κ3) is 3.82. The normalized spacial score (nSPS) is 22.8. The molecule has 2 N–H and O–H groups in total. The van der Waals surface area contributed by atoms with E-state index < -0.39 is 17.9 Å². The Bertz CT molecular complexity index is 627. The number of allylic oxidation sites excluding steroid dienone is 1. The fourth-order valence-electron chi connectivity index (χ4n) is 3.12. The monoisotopic (exact) mass is 331 g/mol. The van der Waals surface area contributed by atoms with E-state index in [0.29, 0.717) is 18.0 Å². The Morgan fingerprint density at radius 1 is 1.46 bits per heavy atom. The molecular formula is C18H25N3O3. The van der Waals surface area contributed by atoms with Gasteiger partial charge in [-0.25, -0.2) is 0 Å². The van der Waals surface area contributed by atoms with Gasteiger partial charge in [-0.05, 0) is 50.0 Å². The molecular weight excluding hydrogens is 306 g/mol. The maximum absolute atomic E-state index is 12.7. The third-order valence-electron chi connectivity index (χ3n) is 4.58. The lowest BCUT2D eigenvalue weighted by Gasteiger charge is -2.23. The second-order valence-electron chi connectivity index (χ2n) is 6.39. The average molecular weight is 331 g/mol. The first-order valence-electron chi connectivity index (χ1n) is 8.22. The molecule has 3 amide bonds. The van der Waals surface area contributed by atoms with Gasteiger partial charge in [-0.1, -0.05) is 12.7 Å². The molecule has 0 aliphatic carbocycles. The van der Waals surface area contributed by atoms with E-state index in [9.17, 15) is 14.4 Å². The van der Waals surface area contributed by atoms with Gasteiger partial charge < -0.3 is 10.2 Å². The van der Waals surface area contributed by atoms with Crippen LogP contribution in [0.2, 0.25) is 0 Å². The second kappa shape index (κ2) is 7.57. The zero-order chi connectivity index (χ0) is 17.9. The number of imide groups is 1. The van der Waals surface area contributed by atoms with Crippen molar-refractivity contribution in [1.29, 1.82) is 0 Å². The Balaban J connectivity index is 2.16. The number of nitrogens with zero attached hydrogens (tertiary/aromatic N) is 1. The van der Waals surface area contributed by atoms with E-state index in [1.54, 1.807) is 13.0 Å². The highest BCUT2D eigenvalue weighted by atomic mass is 16.2. The van der Waals surface area contributed by atoms with Gasteiger partial charge in [0, 0.05) is 25.6 Å². The first-order valence-corrected chi connectivity index (χ1v) is 8.22.